The number of ether oxygens (including phenoxy) is 1. The van der Waals surface area contributed by atoms with E-state index >= 15 is 0 Å². The number of nitrogens with one attached hydrogen (secondary N) is 1. The van der Waals surface area contributed by atoms with Crippen molar-refractivity contribution in [1.29, 1.82) is 0 Å². The molecule has 18 heavy (non-hydrogen) atoms. The lowest BCUT2D eigenvalue weighted by molar-refractivity contribution is 0.0936. The van der Waals surface area contributed by atoms with Crippen molar-refractivity contribution in [2.75, 3.05) is 19.5 Å². The van der Waals surface area contributed by atoms with Crippen molar-refractivity contribution in [3.8, 4) is 5.75 Å². The summed E-state index contributed by atoms with van der Waals surface area (Å²) in [6.45, 7) is 4.79. The molecule has 3 nitrogen and oxygen atoms in total. The van der Waals surface area contributed by atoms with Crippen LogP contribution in [0.5, 0.6) is 5.75 Å². The van der Waals surface area contributed by atoms with Crippen molar-refractivity contribution >= 4 is 17.5 Å². The molecule has 0 atom stereocenters. The van der Waals surface area contributed by atoms with E-state index in [9.17, 15) is 4.79 Å². The first-order chi connectivity index (χ1) is 8.48. The average Bonchev–Trinajstić information content (AvgIpc) is 2.36. The van der Waals surface area contributed by atoms with Crippen LogP contribution in [0, 0.1) is 5.41 Å². The molecule has 0 unspecified atom stereocenters. The molecule has 0 bridgehead atoms. The Hall–Kier alpha value is -1.22. The van der Waals surface area contributed by atoms with Crippen LogP contribution in [0.3, 0.4) is 0 Å². The van der Waals surface area contributed by atoms with Gasteiger partial charge in [-0.3, -0.25) is 4.79 Å². The maximum absolute atomic E-state index is 11.9. The highest BCUT2D eigenvalue weighted by atomic mass is 35.5. The molecule has 4 heteroatoms. The summed E-state index contributed by atoms with van der Waals surface area (Å²) in [5.41, 5.74) is 0.654. The number of carbonyl (C=O) groups excluding carboxylic acids is 1. The second-order valence-corrected chi connectivity index (χ2v) is 5.39. The lowest BCUT2D eigenvalue weighted by atomic mass is 9.90. The quantitative estimate of drug-likeness (QED) is 0.806. The Morgan fingerprint density at radius 1 is 1.33 bits per heavy atom. The number of carbonyl (C=O) groups is 1. The van der Waals surface area contributed by atoms with Gasteiger partial charge in [0.05, 0.1) is 7.11 Å². The summed E-state index contributed by atoms with van der Waals surface area (Å²) in [6, 6.07) is 7.06. The molecule has 1 N–H and O–H groups in total. The van der Waals surface area contributed by atoms with Gasteiger partial charge in [0, 0.05) is 18.0 Å². The highest BCUT2D eigenvalue weighted by Crippen LogP contribution is 2.19. The van der Waals surface area contributed by atoms with Gasteiger partial charge in [0.25, 0.3) is 5.91 Å². The van der Waals surface area contributed by atoms with E-state index in [0.717, 1.165) is 12.2 Å². The summed E-state index contributed by atoms with van der Waals surface area (Å²) in [4.78, 5) is 11.9. The molecule has 0 spiro atoms. The number of benzene rings is 1. The van der Waals surface area contributed by atoms with E-state index in [0.29, 0.717) is 18.0 Å². The van der Waals surface area contributed by atoms with Crippen molar-refractivity contribution in [2.45, 2.75) is 20.3 Å². The van der Waals surface area contributed by atoms with Gasteiger partial charge in [0.15, 0.2) is 0 Å². The van der Waals surface area contributed by atoms with Crippen molar-refractivity contribution < 1.29 is 9.53 Å². The SMILES string of the molecule is COc1ccc(C(=O)NCC(C)(C)CCCl)cc1. The van der Waals surface area contributed by atoms with Crippen LogP contribution in [0.2, 0.25) is 0 Å². The number of hydrogen-bond acceptors (Lipinski definition) is 2. The lowest BCUT2D eigenvalue weighted by Crippen LogP contribution is -2.34. The molecule has 1 aromatic carbocycles. The molecule has 0 radical (unpaired) electrons. The summed E-state index contributed by atoms with van der Waals surface area (Å²) in [5, 5.41) is 2.92. The topological polar surface area (TPSA) is 38.3 Å². The van der Waals surface area contributed by atoms with E-state index in [1.165, 1.54) is 0 Å². The fourth-order valence-corrected chi connectivity index (χ4v) is 2.02. The van der Waals surface area contributed by atoms with Gasteiger partial charge in [-0.05, 0) is 36.1 Å². The van der Waals surface area contributed by atoms with E-state index in [1.54, 1.807) is 31.4 Å². The molecule has 0 saturated carbocycles. The zero-order chi connectivity index (χ0) is 13.6. The normalized spacial score (nSPS) is 11.1. The van der Waals surface area contributed by atoms with Gasteiger partial charge in [-0.2, -0.15) is 0 Å². The van der Waals surface area contributed by atoms with Crippen LogP contribution in [0.25, 0.3) is 0 Å². The van der Waals surface area contributed by atoms with Crippen LogP contribution in [0.1, 0.15) is 30.6 Å². The second-order valence-electron chi connectivity index (χ2n) is 5.01. The van der Waals surface area contributed by atoms with Crippen LogP contribution in [0.4, 0.5) is 0 Å². The number of rotatable bonds is 6. The standard InChI is InChI=1S/C14H20ClNO2/c1-14(2,8-9-15)10-16-13(17)11-4-6-12(18-3)7-5-11/h4-7H,8-10H2,1-3H3,(H,16,17). The molecule has 100 valence electrons. The highest BCUT2D eigenvalue weighted by molar-refractivity contribution is 6.17. The van der Waals surface area contributed by atoms with Gasteiger partial charge in [0.1, 0.15) is 5.75 Å². The Morgan fingerprint density at radius 3 is 2.44 bits per heavy atom. The molecule has 1 rings (SSSR count). The van der Waals surface area contributed by atoms with Gasteiger partial charge in [-0.15, -0.1) is 11.6 Å². The third-order valence-corrected chi connectivity index (χ3v) is 3.04. The van der Waals surface area contributed by atoms with E-state index < -0.39 is 0 Å². The minimum atomic E-state index is -0.0692. The molecule has 0 aliphatic carbocycles. The molecule has 0 aliphatic rings. The molecule has 1 amide bonds. The minimum absolute atomic E-state index is 0.0177. The summed E-state index contributed by atoms with van der Waals surface area (Å²) < 4.78 is 5.05. The van der Waals surface area contributed by atoms with E-state index in [4.69, 9.17) is 16.3 Å². The van der Waals surface area contributed by atoms with Crippen LogP contribution < -0.4 is 10.1 Å². The van der Waals surface area contributed by atoms with Gasteiger partial charge in [0.2, 0.25) is 0 Å². The van der Waals surface area contributed by atoms with Crippen molar-refractivity contribution in [3.63, 3.8) is 0 Å². The van der Waals surface area contributed by atoms with E-state index in [-0.39, 0.29) is 11.3 Å². The molecule has 0 heterocycles. The number of amides is 1. The fraction of sp³-hybridized carbons (Fsp3) is 0.500. The van der Waals surface area contributed by atoms with Crippen LogP contribution in [0.15, 0.2) is 24.3 Å². The maximum atomic E-state index is 11.9. The Labute approximate surface area is 113 Å². The average molecular weight is 270 g/mol. The summed E-state index contributed by atoms with van der Waals surface area (Å²) >= 11 is 5.73. The Morgan fingerprint density at radius 2 is 1.94 bits per heavy atom. The molecular weight excluding hydrogens is 250 g/mol. The highest BCUT2D eigenvalue weighted by Gasteiger charge is 2.18. The van der Waals surface area contributed by atoms with Gasteiger partial charge in [-0.1, -0.05) is 13.8 Å². The maximum Gasteiger partial charge on any atom is 0.251 e. The Balaban J connectivity index is 2.54. The zero-order valence-electron chi connectivity index (χ0n) is 11.1. The number of hydrogen-bond donors (Lipinski definition) is 1. The van der Waals surface area contributed by atoms with Crippen LogP contribution in [-0.4, -0.2) is 25.4 Å². The van der Waals surface area contributed by atoms with Crippen molar-refractivity contribution in [3.05, 3.63) is 29.8 Å². The van der Waals surface area contributed by atoms with Gasteiger partial charge >= 0.3 is 0 Å². The fourth-order valence-electron chi connectivity index (χ4n) is 1.51. The van der Waals surface area contributed by atoms with E-state index in [1.807, 2.05) is 0 Å². The lowest BCUT2D eigenvalue weighted by Gasteiger charge is -2.23. The van der Waals surface area contributed by atoms with Crippen molar-refractivity contribution in [1.82, 2.24) is 5.32 Å². The first-order valence-corrected chi connectivity index (χ1v) is 6.50. The Kier molecular flexibility index (Phi) is 5.48. The molecular formula is C14H20ClNO2. The van der Waals surface area contributed by atoms with Gasteiger partial charge < -0.3 is 10.1 Å². The molecule has 0 fully saturated rings. The number of alkyl halides is 1. The second kappa shape index (κ2) is 6.64. The largest absolute Gasteiger partial charge is 0.497 e. The number of methoxy groups -OCH3 is 1. The minimum Gasteiger partial charge on any atom is -0.497 e. The first kappa shape index (κ1) is 14.8. The van der Waals surface area contributed by atoms with Crippen molar-refractivity contribution in [2.24, 2.45) is 5.41 Å². The Bertz CT molecular complexity index is 387. The molecule has 0 saturated heterocycles. The van der Waals surface area contributed by atoms with E-state index in [2.05, 4.69) is 19.2 Å². The summed E-state index contributed by atoms with van der Waals surface area (Å²) in [7, 11) is 1.60. The molecule has 0 aliphatic heterocycles. The zero-order valence-corrected chi connectivity index (χ0v) is 11.9. The summed E-state index contributed by atoms with van der Waals surface area (Å²) in [6.07, 6.45) is 0.872. The third kappa shape index (κ3) is 4.57. The number of halogens is 1. The van der Waals surface area contributed by atoms with Crippen LogP contribution >= 0.6 is 11.6 Å². The molecule has 0 aromatic heterocycles. The smallest absolute Gasteiger partial charge is 0.251 e. The van der Waals surface area contributed by atoms with Gasteiger partial charge in [-0.25, -0.2) is 0 Å². The molecule has 1 aromatic rings. The predicted octanol–water partition coefficient (Wildman–Crippen LogP) is 3.08. The summed E-state index contributed by atoms with van der Waals surface area (Å²) in [5.74, 6) is 1.28. The monoisotopic (exact) mass is 269 g/mol. The van der Waals surface area contributed by atoms with Crippen LogP contribution in [-0.2, 0) is 0 Å². The third-order valence-electron chi connectivity index (χ3n) is 2.85. The first-order valence-electron chi connectivity index (χ1n) is 5.97. The predicted molar refractivity (Wildman–Crippen MR) is 74.4 cm³/mol.